The minimum absolute atomic E-state index is 0.364. The van der Waals surface area contributed by atoms with E-state index in [1.54, 1.807) is 12.2 Å². The highest BCUT2D eigenvalue weighted by molar-refractivity contribution is 5.97. The van der Waals surface area contributed by atoms with Gasteiger partial charge in [-0.25, -0.2) is 4.79 Å². The van der Waals surface area contributed by atoms with Crippen LogP contribution in [0.25, 0.3) is 0 Å². The average Bonchev–Trinajstić information content (AvgIpc) is 2.73. The number of ether oxygens (including phenoxy) is 2. The molecule has 0 saturated carbocycles. The van der Waals surface area contributed by atoms with E-state index in [1.807, 2.05) is 19.9 Å². The van der Waals surface area contributed by atoms with Crippen molar-refractivity contribution in [1.29, 1.82) is 0 Å². The SMILES string of the molecule is CCCCCOC(=O)C1=CC(C)=CC(C)=CC1C(=O)OCCCCC. The molecule has 0 aromatic rings. The summed E-state index contributed by atoms with van der Waals surface area (Å²) in [5.74, 6) is -1.50. The van der Waals surface area contributed by atoms with Crippen molar-refractivity contribution in [1.82, 2.24) is 0 Å². The van der Waals surface area contributed by atoms with Gasteiger partial charge in [-0.1, -0.05) is 62.8 Å². The van der Waals surface area contributed by atoms with Crippen molar-refractivity contribution in [2.75, 3.05) is 13.2 Å². The normalized spacial score (nSPS) is 17.1. The molecule has 4 nitrogen and oxygen atoms in total. The first-order valence-corrected chi connectivity index (χ1v) is 9.41. The van der Waals surface area contributed by atoms with Gasteiger partial charge in [0.2, 0.25) is 0 Å². The number of carbonyl (C=O) groups is 2. The quantitative estimate of drug-likeness (QED) is 0.416. The molecule has 0 radical (unpaired) electrons. The van der Waals surface area contributed by atoms with Crippen LogP contribution in [0.2, 0.25) is 0 Å². The second kappa shape index (κ2) is 11.7. The molecule has 0 heterocycles. The van der Waals surface area contributed by atoms with Crippen LogP contribution in [-0.4, -0.2) is 25.2 Å². The zero-order valence-corrected chi connectivity index (χ0v) is 16.1. The van der Waals surface area contributed by atoms with Crippen molar-refractivity contribution >= 4 is 11.9 Å². The molecular weight excluding hydrogens is 316 g/mol. The van der Waals surface area contributed by atoms with E-state index in [0.717, 1.165) is 49.7 Å². The molecule has 0 aromatic carbocycles. The molecule has 1 rings (SSSR count). The summed E-state index contributed by atoms with van der Waals surface area (Å²) in [5, 5.41) is 0. The first kappa shape index (κ1) is 21.2. The molecule has 0 spiro atoms. The predicted octanol–water partition coefficient (Wildman–Crippen LogP) is 4.90. The minimum Gasteiger partial charge on any atom is -0.465 e. The summed E-state index contributed by atoms with van der Waals surface area (Å²) in [5.41, 5.74) is 2.23. The van der Waals surface area contributed by atoms with Gasteiger partial charge in [0.05, 0.1) is 18.8 Å². The first-order valence-electron chi connectivity index (χ1n) is 9.41. The highest BCUT2D eigenvalue weighted by atomic mass is 16.5. The maximum Gasteiger partial charge on any atom is 0.335 e. The monoisotopic (exact) mass is 348 g/mol. The lowest BCUT2D eigenvalue weighted by atomic mass is 9.97. The Morgan fingerprint density at radius 2 is 1.48 bits per heavy atom. The lowest BCUT2D eigenvalue weighted by Gasteiger charge is -2.16. The Morgan fingerprint density at radius 3 is 2.08 bits per heavy atom. The Morgan fingerprint density at radius 1 is 0.880 bits per heavy atom. The third-order valence-corrected chi connectivity index (χ3v) is 4.07. The fourth-order valence-corrected chi connectivity index (χ4v) is 2.73. The summed E-state index contributed by atoms with van der Waals surface area (Å²) < 4.78 is 10.8. The van der Waals surface area contributed by atoms with Crippen LogP contribution in [0.15, 0.2) is 34.9 Å². The van der Waals surface area contributed by atoms with Gasteiger partial charge in [0.15, 0.2) is 0 Å². The molecule has 0 amide bonds. The smallest absolute Gasteiger partial charge is 0.335 e. The summed E-state index contributed by atoms with van der Waals surface area (Å²) >= 11 is 0. The van der Waals surface area contributed by atoms with Crippen molar-refractivity contribution in [2.45, 2.75) is 66.2 Å². The van der Waals surface area contributed by atoms with E-state index in [4.69, 9.17) is 9.47 Å². The summed E-state index contributed by atoms with van der Waals surface area (Å²) in [6, 6.07) is 0. The zero-order valence-electron chi connectivity index (χ0n) is 16.1. The van der Waals surface area contributed by atoms with Crippen molar-refractivity contribution in [3.05, 3.63) is 34.9 Å². The van der Waals surface area contributed by atoms with Gasteiger partial charge in [-0.15, -0.1) is 0 Å². The number of hydrogen-bond acceptors (Lipinski definition) is 4. The Balaban J connectivity index is 2.82. The molecule has 1 atom stereocenters. The van der Waals surface area contributed by atoms with Gasteiger partial charge in [0.1, 0.15) is 5.92 Å². The van der Waals surface area contributed by atoms with Crippen molar-refractivity contribution in [3.63, 3.8) is 0 Å². The molecule has 0 bridgehead atoms. The Kier molecular flexibility index (Phi) is 9.90. The van der Waals surface area contributed by atoms with Gasteiger partial charge in [-0.05, 0) is 32.8 Å². The van der Waals surface area contributed by atoms with Crippen LogP contribution >= 0.6 is 0 Å². The van der Waals surface area contributed by atoms with Crippen LogP contribution in [0, 0.1) is 5.92 Å². The van der Waals surface area contributed by atoms with Crippen LogP contribution < -0.4 is 0 Å². The molecule has 140 valence electrons. The van der Waals surface area contributed by atoms with Crippen molar-refractivity contribution in [2.24, 2.45) is 5.92 Å². The summed E-state index contributed by atoms with van der Waals surface area (Å²) in [6.45, 7) is 8.81. The van der Waals surface area contributed by atoms with Gasteiger partial charge in [-0.2, -0.15) is 0 Å². The third kappa shape index (κ3) is 7.72. The number of hydrogen-bond donors (Lipinski definition) is 0. The molecular formula is C21H32O4. The van der Waals surface area contributed by atoms with Crippen molar-refractivity contribution < 1.29 is 19.1 Å². The van der Waals surface area contributed by atoms with Gasteiger partial charge in [0, 0.05) is 0 Å². The largest absolute Gasteiger partial charge is 0.465 e. The van der Waals surface area contributed by atoms with Gasteiger partial charge in [0.25, 0.3) is 0 Å². The van der Waals surface area contributed by atoms with Crippen LogP contribution in [0.4, 0.5) is 0 Å². The lowest BCUT2D eigenvalue weighted by Crippen LogP contribution is -2.24. The van der Waals surface area contributed by atoms with Crippen molar-refractivity contribution in [3.8, 4) is 0 Å². The Labute approximate surface area is 152 Å². The molecule has 1 aliphatic carbocycles. The summed E-state index contributed by atoms with van der Waals surface area (Å²) in [6.07, 6.45) is 11.3. The van der Waals surface area contributed by atoms with Crippen LogP contribution in [0.5, 0.6) is 0 Å². The van der Waals surface area contributed by atoms with E-state index < -0.39 is 11.9 Å². The molecule has 0 saturated heterocycles. The van der Waals surface area contributed by atoms with Gasteiger partial charge >= 0.3 is 11.9 Å². The number of carbonyl (C=O) groups excluding carboxylic acids is 2. The molecule has 4 heteroatoms. The minimum atomic E-state index is -0.700. The van der Waals surface area contributed by atoms with Crippen LogP contribution in [-0.2, 0) is 19.1 Å². The van der Waals surface area contributed by atoms with E-state index in [-0.39, 0.29) is 5.97 Å². The number of allylic oxidation sites excluding steroid dienone is 4. The predicted molar refractivity (Wildman–Crippen MR) is 100 cm³/mol. The molecule has 0 aliphatic heterocycles. The fourth-order valence-electron chi connectivity index (χ4n) is 2.73. The first-order chi connectivity index (χ1) is 12.0. The standard InChI is InChI=1S/C21H32O4/c1-5-7-9-11-24-20(22)18-14-16(3)13-17(4)15-19(18)21(23)25-12-10-8-6-2/h13-15,18H,5-12H2,1-4H3. The second-order valence-corrected chi connectivity index (χ2v) is 6.59. The third-order valence-electron chi connectivity index (χ3n) is 4.07. The molecule has 1 unspecified atom stereocenters. The summed E-state index contributed by atoms with van der Waals surface area (Å²) in [4.78, 5) is 25.0. The fraction of sp³-hybridized carbons (Fsp3) is 0.619. The molecule has 0 fully saturated rings. The van der Waals surface area contributed by atoms with E-state index in [2.05, 4.69) is 13.8 Å². The zero-order chi connectivity index (χ0) is 18.7. The maximum atomic E-state index is 12.5. The van der Waals surface area contributed by atoms with Gasteiger partial charge < -0.3 is 9.47 Å². The van der Waals surface area contributed by atoms with E-state index in [1.165, 1.54) is 0 Å². The van der Waals surface area contributed by atoms with Crippen LogP contribution in [0.3, 0.4) is 0 Å². The molecule has 25 heavy (non-hydrogen) atoms. The van der Waals surface area contributed by atoms with Crippen LogP contribution in [0.1, 0.15) is 66.2 Å². The lowest BCUT2D eigenvalue weighted by molar-refractivity contribution is -0.149. The average molecular weight is 348 g/mol. The van der Waals surface area contributed by atoms with E-state index >= 15 is 0 Å². The molecule has 1 aliphatic rings. The van der Waals surface area contributed by atoms with E-state index in [9.17, 15) is 9.59 Å². The molecule has 0 N–H and O–H groups in total. The Hall–Kier alpha value is -1.84. The topological polar surface area (TPSA) is 52.6 Å². The Bertz CT molecular complexity index is 540. The number of esters is 2. The van der Waals surface area contributed by atoms with E-state index in [0.29, 0.717) is 18.8 Å². The number of unbranched alkanes of at least 4 members (excludes halogenated alkanes) is 4. The maximum absolute atomic E-state index is 12.5. The second-order valence-electron chi connectivity index (χ2n) is 6.59. The molecule has 0 aromatic heterocycles. The summed E-state index contributed by atoms with van der Waals surface area (Å²) in [7, 11) is 0. The van der Waals surface area contributed by atoms with Gasteiger partial charge in [-0.3, -0.25) is 4.79 Å². The highest BCUT2D eigenvalue weighted by Gasteiger charge is 2.29. The highest BCUT2D eigenvalue weighted by Crippen LogP contribution is 2.25. The number of rotatable bonds is 10.